The summed E-state index contributed by atoms with van der Waals surface area (Å²) in [6, 6.07) is 11.4. The Morgan fingerprint density at radius 3 is 2.50 bits per heavy atom. The van der Waals surface area contributed by atoms with E-state index in [1.54, 1.807) is 0 Å². The molecular weight excluding hydrogens is 264 g/mol. The van der Waals surface area contributed by atoms with Gasteiger partial charge in [-0.1, -0.05) is 24.6 Å². The van der Waals surface area contributed by atoms with E-state index >= 15 is 0 Å². The number of anilines is 1. The van der Waals surface area contributed by atoms with Crippen molar-refractivity contribution in [1.29, 1.82) is 0 Å². The van der Waals surface area contributed by atoms with Crippen molar-refractivity contribution in [3.8, 4) is 0 Å². The Bertz CT molecular complexity index is 471. The van der Waals surface area contributed by atoms with Gasteiger partial charge < -0.3 is 10.2 Å². The molecule has 0 aliphatic heterocycles. The predicted octanol–water partition coefficient (Wildman–Crippen LogP) is 3.96. The number of hydrogen-bond donors (Lipinski definition) is 1. The van der Waals surface area contributed by atoms with E-state index in [9.17, 15) is 0 Å². The maximum atomic E-state index is 5.70. The third kappa shape index (κ3) is 2.69. The molecule has 0 spiro atoms. The van der Waals surface area contributed by atoms with E-state index in [0.29, 0.717) is 12.1 Å². The van der Waals surface area contributed by atoms with E-state index in [-0.39, 0.29) is 0 Å². The van der Waals surface area contributed by atoms with E-state index in [2.05, 4.69) is 54.4 Å². The summed E-state index contributed by atoms with van der Waals surface area (Å²) in [5.41, 5.74) is 1.18. The molecule has 1 N–H and O–H groups in total. The zero-order chi connectivity index (χ0) is 14.1. The van der Waals surface area contributed by atoms with Crippen LogP contribution in [0.2, 0.25) is 0 Å². The maximum absolute atomic E-state index is 5.70. The molecule has 108 valence electrons. The number of fused-ring (bicyclic) bond motifs is 2. The van der Waals surface area contributed by atoms with Gasteiger partial charge in [0.15, 0.2) is 5.11 Å². The summed E-state index contributed by atoms with van der Waals surface area (Å²) in [5, 5.41) is 4.54. The molecule has 0 saturated heterocycles. The molecule has 2 aliphatic rings. The van der Waals surface area contributed by atoms with Crippen LogP contribution in [0.15, 0.2) is 30.3 Å². The number of rotatable bonds is 3. The molecule has 3 rings (SSSR count). The highest BCUT2D eigenvalue weighted by Crippen LogP contribution is 2.44. The first-order valence-electron chi connectivity index (χ1n) is 7.80. The van der Waals surface area contributed by atoms with Crippen LogP contribution in [0, 0.1) is 11.8 Å². The summed E-state index contributed by atoms with van der Waals surface area (Å²) in [7, 11) is 0. The van der Waals surface area contributed by atoms with Gasteiger partial charge in [0.05, 0.1) is 0 Å². The Morgan fingerprint density at radius 2 is 1.95 bits per heavy atom. The quantitative estimate of drug-likeness (QED) is 0.847. The molecule has 0 amide bonds. The van der Waals surface area contributed by atoms with E-state index in [4.69, 9.17) is 12.2 Å². The van der Waals surface area contributed by atoms with Crippen LogP contribution < -0.4 is 10.2 Å². The summed E-state index contributed by atoms with van der Waals surface area (Å²) < 4.78 is 0. The minimum atomic E-state index is 0.371. The fourth-order valence-electron chi connectivity index (χ4n) is 3.89. The Balaban J connectivity index is 1.70. The number of nitrogens with zero attached hydrogens (tertiary/aromatic N) is 1. The normalized spacial score (nSPS) is 27.9. The second kappa shape index (κ2) is 5.72. The lowest BCUT2D eigenvalue weighted by molar-refractivity contribution is 0.390. The van der Waals surface area contributed by atoms with Crippen molar-refractivity contribution >= 4 is 23.0 Å². The lowest BCUT2D eigenvalue weighted by Crippen LogP contribution is -2.49. The first-order valence-corrected chi connectivity index (χ1v) is 8.20. The van der Waals surface area contributed by atoms with Crippen LogP contribution in [0.3, 0.4) is 0 Å². The van der Waals surface area contributed by atoms with E-state index in [1.807, 2.05) is 0 Å². The van der Waals surface area contributed by atoms with Crippen LogP contribution >= 0.6 is 12.2 Å². The van der Waals surface area contributed by atoms with Crippen LogP contribution in [-0.2, 0) is 0 Å². The van der Waals surface area contributed by atoms with Crippen LogP contribution in [-0.4, -0.2) is 17.2 Å². The van der Waals surface area contributed by atoms with E-state index in [0.717, 1.165) is 16.9 Å². The van der Waals surface area contributed by atoms with Crippen LogP contribution in [0.4, 0.5) is 5.69 Å². The van der Waals surface area contributed by atoms with Crippen LogP contribution in [0.25, 0.3) is 0 Å². The SMILES string of the molecule is CC(C)N(C(=S)N[C@H]1C[C@H]2CC[C@@H]1C2)c1ccccc1. The van der Waals surface area contributed by atoms with Gasteiger partial charge in [-0.2, -0.15) is 0 Å². The number of benzene rings is 1. The smallest absolute Gasteiger partial charge is 0.173 e. The molecule has 2 nitrogen and oxygen atoms in total. The van der Waals surface area contributed by atoms with Gasteiger partial charge in [-0.25, -0.2) is 0 Å². The molecule has 1 aromatic carbocycles. The Kier molecular flexibility index (Phi) is 3.97. The highest BCUT2D eigenvalue weighted by Gasteiger charge is 2.40. The topological polar surface area (TPSA) is 15.3 Å². The van der Waals surface area contributed by atoms with Gasteiger partial charge in [0.2, 0.25) is 0 Å². The molecule has 0 unspecified atom stereocenters. The second-order valence-electron chi connectivity index (χ2n) is 6.53. The predicted molar refractivity (Wildman–Crippen MR) is 89.0 cm³/mol. The Labute approximate surface area is 127 Å². The molecule has 3 atom stereocenters. The number of hydrogen-bond acceptors (Lipinski definition) is 1. The van der Waals surface area contributed by atoms with Gasteiger partial charge >= 0.3 is 0 Å². The zero-order valence-corrected chi connectivity index (χ0v) is 13.2. The molecule has 0 aromatic heterocycles. The first kappa shape index (κ1) is 13.9. The van der Waals surface area contributed by atoms with Crippen LogP contribution in [0.1, 0.15) is 39.5 Å². The average molecular weight is 288 g/mol. The fraction of sp³-hybridized carbons (Fsp3) is 0.588. The van der Waals surface area contributed by atoms with Crippen LogP contribution in [0.5, 0.6) is 0 Å². The number of nitrogens with one attached hydrogen (secondary N) is 1. The van der Waals surface area contributed by atoms with Crippen molar-refractivity contribution in [2.75, 3.05) is 4.90 Å². The number of thiocarbonyl (C=S) groups is 1. The van der Waals surface area contributed by atoms with Gasteiger partial charge in [-0.15, -0.1) is 0 Å². The van der Waals surface area contributed by atoms with Crippen molar-refractivity contribution in [1.82, 2.24) is 5.32 Å². The minimum absolute atomic E-state index is 0.371. The molecule has 3 heteroatoms. The van der Waals surface area contributed by atoms with Gasteiger partial charge in [-0.05, 0) is 69.3 Å². The van der Waals surface area contributed by atoms with Gasteiger partial charge in [-0.3, -0.25) is 0 Å². The summed E-state index contributed by atoms with van der Waals surface area (Å²) in [6.45, 7) is 4.39. The highest BCUT2D eigenvalue weighted by molar-refractivity contribution is 7.80. The van der Waals surface area contributed by atoms with E-state index < -0.39 is 0 Å². The largest absolute Gasteiger partial charge is 0.359 e. The molecule has 0 radical (unpaired) electrons. The molecule has 2 fully saturated rings. The Hall–Kier alpha value is -1.09. The van der Waals surface area contributed by atoms with Crippen molar-refractivity contribution in [2.45, 2.75) is 51.6 Å². The monoisotopic (exact) mass is 288 g/mol. The van der Waals surface area contributed by atoms with Gasteiger partial charge in [0.25, 0.3) is 0 Å². The lowest BCUT2D eigenvalue weighted by Gasteiger charge is -2.33. The summed E-state index contributed by atoms with van der Waals surface area (Å²) in [6.07, 6.45) is 5.54. The fourth-order valence-corrected chi connectivity index (χ4v) is 4.36. The zero-order valence-electron chi connectivity index (χ0n) is 12.4. The molecule has 20 heavy (non-hydrogen) atoms. The third-order valence-corrected chi connectivity index (χ3v) is 5.13. The first-order chi connectivity index (χ1) is 9.65. The molecule has 2 saturated carbocycles. The van der Waals surface area contributed by atoms with E-state index in [1.165, 1.54) is 31.4 Å². The van der Waals surface area contributed by atoms with Gasteiger partial charge in [0.1, 0.15) is 0 Å². The average Bonchev–Trinajstić information content (AvgIpc) is 3.02. The maximum Gasteiger partial charge on any atom is 0.173 e. The minimum Gasteiger partial charge on any atom is -0.359 e. The molecule has 2 aliphatic carbocycles. The molecule has 2 bridgehead atoms. The second-order valence-corrected chi connectivity index (χ2v) is 6.92. The molecule has 1 aromatic rings. The Morgan fingerprint density at radius 1 is 1.20 bits per heavy atom. The van der Waals surface area contributed by atoms with Gasteiger partial charge in [0, 0.05) is 17.8 Å². The molecule has 0 heterocycles. The van der Waals surface area contributed by atoms with Crippen molar-refractivity contribution in [2.24, 2.45) is 11.8 Å². The summed E-state index contributed by atoms with van der Waals surface area (Å²) in [4.78, 5) is 2.24. The van der Waals surface area contributed by atoms with Crippen molar-refractivity contribution < 1.29 is 0 Å². The highest BCUT2D eigenvalue weighted by atomic mass is 32.1. The summed E-state index contributed by atoms with van der Waals surface area (Å²) in [5.74, 6) is 1.80. The van der Waals surface area contributed by atoms with Crippen molar-refractivity contribution in [3.05, 3.63) is 30.3 Å². The standard InChI is InChI=1S/C17H24N2S/c1-12(2)19(15-6-4-3-5-7-15)17(20)18-16-11-13-8-9-14(16)10-13/h3-7,12-14,16H,8-11H2,1-2H3,(H,18,20)/t13-,14+,16-/m0/s1. The van der Waals surface area contributed by atoms with Crippen molar-refractivity contribution in [3.63, 3.8) is 0 Å². The lowest BCUT2D eigenvalue weighted by atomic mass is 9.95. The summed E-state index contributed by atoms with van der Waals surface area (Å²) >= 11 is 5.70. The molecular formula is C17H24N2S. The third-order valence-electron chi connectivity index (χ3n) is 4.82. The number of para-hydroxylation sites is 1.